The molecule has 7 heteroatoms. The van der Waals surface area contributed by atoms with Crippen molar-refractivity contribution in [3.8, 4) is 0 Å². The van der Waals surface area contributed by atoms with Crippen molar-refractivity contribution >= 4 is 17.3 Å². The molecule has 0 spiro atoms. The van der Waals surface area contributed by atoms with Gasteiger partial charge in [0.1, 0.15) is 11.4 Å². The SMILES string of the molecule is CC(C)(C)OC(=O)N1CCC(C[S+]([O-])c2ccccc2C(F)F)CC1. The van der Waals surface area contributed by atoms with E-state index in [4.69, 9.17) is 4.74 Å². The third kappa shape index (κ3) is 5.85. The second kappa shape index (κ2) is 8.36. The molecule has 4 nitrogen and oxygen atoms in total. The molecule has 1 saturated heterocycles. The van der Waals surface area contributed by atoms with Crippen LogP contribution in [0.2, 0.25) is 0 Å². The molecule has 0 radical (unpaired) electrons. The van der Waals surface area contributed by atoms with Gasteiger partial charge in [0.25, 0.3) is 6.43 Å². The first-order valence-corrected chi connectivity index (χ1v) is 9.72. The molecule has 1 amide bonds. The molecule has 1 aromatic carbocycles. The van der Waals surface area contributed by atoms with Crippen LogP contribution < -0.4 is 0 Å². The molecule has 0 bridgehead atoms. The van der Waals surface area contributed by atoms with Crippen LogP contribution in [-0.2, 0) is 15.9 Å². The third-order valence-corrected chi connectivity index (χ3v) is 5.69. The lowest BCUT2D eigenvalue weighted by Crippen LogP contribution is -2.42. The summed E-state index contributed by atoms with van der Waals surface area (Å²) in [4.78, 5) is 13.9. The van der Waals surface area contributed by atoms with Gasteiger partial charge in [-0.25, -0.2) is 13.6 Å². The number of alkyl halides is 2. The Bertz CT molecular complexity index is 584. The number of carbonyl (C=O) groups excluding carboxylic acids is 1. The molecule has 1 heterocycles. The van der Waals surface area contributed by atoms with Crippen LogP contribution in [-0.4, -0.2) is 40.0 Å². The first-order valence-electron chi connectivity index (χ1n) is 8.41. The van der Waals surface area contributed by atoms with Gasteiger partial charge in [-0.3, -0.25) is 0 Å². The van der Waals surface area contributed by atoms with Gasteiger partial charge in [-0.05, 0) is 56.9 Å². The molecule has 1 aliphatic rings. The lowest BCUT2D eigenvalue weighted by atomic mass is 9.99. The van der Waals surface area contributed by atoms with E-state index < -0.39 is 23.2 Å². The Hall–Kier alpha value is -1.34. The van der Waals surface area contributed by atoms with E-state index in [2.05, 4.69) is 0 Å². The summed E-state index contributed by atoms with van der Waals surface area (Å²) in [6.45, 7) is 6.53. The molecule has 0 aliphatic carbocycles. The summed E-state index contributed by atoms with van der Waals surface area (Å²) >= 11 is -1.47. The van der Waals surface area contributed by atoms with Gasteiger partial charge < -0.3 is 14.2 Å². The van der Waals surface area contributed by atoms with Gasteiger partial charge in [-0.2, -0.15) is 0 Å². The molecule has 2 rings (SSSR count). The first kappa shape index (κ1) is 20.0. The lowest BCUT2D eigenvalue weighted by molar-refractivity contribution is 0.0191. The van der Waals surface area contributed by atoms with Crippen molar-refractivity contribution in [3.05, 3.63) is 29.8 Å². The number of hydrogen-bond donors (Lipinski definition) is 0. The summed E-state index contributed by atoms with van der Waals surface area (Å²) in [6, 6.07) is 5.99. The standard InChI is InChI=1S/C18H25F2NO3S/c1-18(2,3)24-17(22)21-10-8-13(9-11-21)12-25(23)15-7-5-4-6-14(15)16(19)20/h4-7,13,16H,8-12H2,1-3H3. The maximum atomic E-state index is 13.0. The number of amides is 1. The molecule has 0 aromatic heterocycles. The summed E-state index contributed by atoms with van der Waals surface area (Å²) in [5.74, 6) is 0.483. The van der Waals surface area contributed by atoms with E-state index in [-0.39, 0.29) is 22.5 Å². The minimum Gasteiger partial charge on any atom is -0.611 e. The molecule has 1 aliphatic heterocycles. The highest BCUT2D eigenvalue weighted by Crippen LogP contribution is 2.29. The zero-order valence-electron chi connectivity index (χ0n) is 14.8. The Labute approximate surface area is 150 Å². The summed E-state index contributed by atoms with van der Waals surface area (Å²) in [7, 11) is 0. The third-order valence-electron chi connectivity index (χ3n) is 4.05. The van der Waals surface area contributed by atoms with E-state index in [0.717, 1.165) is 0 Å². The van der Waals surface area contributed by atoms with Crippen LogP contribution in [0.1, 0.15) is 45.6 Å². The second-order valence-corrected chi connectivity index (χ2v) is 8.73. The maximum absolute atomic E-state index is 13.0. The minimum atomic E-state index is -2.63. The fourth-order valence-electron chi connectivity index (χ4n) is 2.78. The largest absolute Gasteiger partial charge is 0.611 e. The average molecular weight is 373 g/mol. The number of rotatable bonds is 4. The Balaban J connectivity index is 1.89. The second-order valence-electron chi connectivity index (χ2n) is 7.26. The molecule has 25 heavy (non-hydrogen) atoms. The molecular formula is C18H25F2NO3S. The highest BCUT2D eigenvalue weighted by atomic mass is 32.2. The maximum Gasteiger partial charge on any atom is 0.410 e. The zero-order valence-corrected chi connectivity index (χ0v) is 15.7. The lowest BCUT2D eigenvalue weighted by Gasteiger charge is -2.33. The van der Waals surface area contributed by atoms with Gasteiger partial charge in [0.05, 0.1) is 5.56 Å². The van der Waals surface area contributed by atoms with Gasteiger partial charge in [-0.1, -0.05) is 12.1 Å². The summed E-state index contributed by atoms with van der Waals surface area (Å²) in [5.41, 5.74) is -0.693. The zero-order chi connectivity index (χ0) is 18.6. The highest BCUT2D eigenvalue weighted by molar-refractivity contribution is 7.91. The molecule has 1 unspecified atom stereocenters. The molecule has 0 N–H and O–H groups in total. The van der Waals surface area contributed by atoms with E-state index in [1.807, 2.05) is 20.8 Å². The van der Waals surface area contributed by atoms with E-state index in [1.54, 1.807) is 11.0 Å². The van der Waals surface area contributed by atoms with Crippen LogP contribution in [0.5, 0.6) is 0 Å². The van der Waals surface area contributed by atoms with Crippen molar-refractivity contribution in [2.75, 3.05) is 18.8 Å². The van der Waals surface area contributed by atoms with Crippen molar-refractivity contribution in [3.63, 3.8) is 0 Å². The van der Waals surface area contributed by atoms with E-state index in [1.165, 1.54) is 18.2 Å². The smallest absolute Gasteiger partial charge is 0.410 e. The summed E-state index contributed by atoms with van der Waals surface area (Å²) in [5, 5.41) is 0. The van der Waals surface area contributed by atoms with Crippen molar-refractivity contribution < 1.29 is 22.9 Å². The summed E-state index contributed by atoms with van der Waals surface area (Å²) in [6.07, 6.45) is -1.58. The molecule has 1 aromatic rings. The number of halogens is 2. The number of nitrogens with zero attached hydrogens (tertiary/aromatic N) is 1. The quantitative estimate of drug-likeness (QED) is 0.736. The first-order chi connectivity index (χ1) is 11.7. The van der Waals surface area contributed by atoms with Gasteiger partial charge in [0.2, 0.25) is 0 Å². The number of hydrogen-bond acceptors (Lipinski definition) is 3. The molecule has 140 valence electrons. The predicted octanol–water partition coefficient (Wildman–Crippen LogP) is 4.38. The van der Waals surface area contributed by atoms with Crippen molar-refractivity contribution in [1.29, 1.82) is 0 Å². The van der Waals surface area contributed by atoms with Crippen LogP contribution in [0.15, 0.2) is 29.2 Å². The van der Waals surface area contributed by atoms with Crippen LogP contribution in [0.3, 0.4) is 0 Å². The highest BCUT2D eigenvalue weighted by Gasteiger charge is 2.30. The monoisotopic (exact) mass is 373 g/mol. The number of piperidine rings is 1. The Morgan fingerprint density at radius 3 is 2.48 bits per heavy atom. The van der Waals surface area contributed by atoms with Crippen LogP contribution >= 0.6 is 0 Å². The number of likely N-dealkylation sites (tertiary alicyclic amines) is 1. The topological polar surface area (TPSA) is 52.6 Å². The van der Waals surface area contributed by atoms with Gasteiger partial charge in [-0.15, -0.1) is 0 Å². The van der Waals surface area contributed by atoms with Gasteiger partial charge >= 0.3 is 6.09 Å². The summed E-state index contributed by atoms with van der Waals surface area (Å²) < 4.78 is 44.0. The van der Waals surface area contributed by atoms with Crippen molar-refractivity contribution in [2.24, 2.45) is 5.92 Å². The molecule has 1 fully saturated rings. The van der Waals surface area contributed by atoms with E-state index in [0.29, 0.717) is 31.7 Å². The fourth-order valence-corrected chi connectivity index (χ4v) is 4.37. The molecule has 1 atom stereocenters. The number of ether oxygens (including phenoxy) is 1. The Morgan fingerprint density at radius 1 is 1.32 bits per heavy atom. The normalized spacial score (nSPS) is 17.6. The molecular weight excluding hydrogens is 348 g/mol. The van der Waals surface area contributed by atoms with Crippen LogP contribution in [0.4, 0.5) is 13.6 Å². The number of benzene rings is 1. The van der Waals surface area contributed by atoms with Crippen molar-refractivity contribution in [1.82, 2.24) is 4.90 Å². The van der Waals surface area contributed by atoms with Crippen LogP contribution in [0, 0.1) is 5.92 Å². The van der Waals surface area contributed by atoms with E-state index in [9.17, 15) is 18.1 Å². The van der Waals surface area contributed by atoms with Gasteiger partial charge in [0.15, 0.2) is 4.90 Å². The minimum absolute atomic E-state index is 0.144. The van der Waals surface area contributed by atoms with Crippen molar-refractivity contribution in [2.45, 2.75) is 50.5 Å². The van der Waals surface area contributed by atoms with Crippen LogP contribution in [0.25, 0.3) is 0 Å². The van der Waals surface area contributed by atoms with E-state index >= 15 is 0 Å². The predicted molar refractivity (Wildman–Crippen MR) is 93.2 cm³/mol. The fraction of sp³-hybridized carbons (Fsp3) is 0.611. The Morgan fingerprint density at radius 2 is 1.92 bits per heavy atom. The van der Waals surface area contributed by atoms with Gasteiger partial charge in [0, 0.05) is 19.0 Å². The molecule has 0 saturated carbocycles. The average Bonchev–Trinajstić information content (AvgIpc) is 2.53. The number of carbonyl (C=O) groups is 1. The Kier molecular flexibility index (Phi) is 6.68.